The molecule has 2 aromatic heterocycles. The lowest BCUT2D eigenvalue weighted by molar-refractivity contribution is 0.0741. The topological polar surface area (TPSA) is 65.1 Å². The molecule has 1 saturated heterocycles. The summed E-state index contributed by atoms with van der Waals surface area (Å²) in [4.78, 5) is 28.6. The second-order valence-electron chi connectivity index (χ2n) is 6.39. The Morgan fingerprint density at radius 3 is 2.50 bits per heavy atom. The van der Waals surface area contributed by atoms with Gasteiger partial charge in [-0.2, -0.15) is 0 Å². The zero-order valence-corrected chi connectivity index (χ0v) is 15.0. The standard InChI is InChI=1S/C17H22ClN5O/c1-11(2)16-20-12(3)8-15(21-16)22-4-6-23(7-5-22)17(24)14-9-13(18)10-19-14/h8-11,19H,4-7H2,1-3H3. The van der Waals surface area contributed by atoms with E-state index in [1.165, 1.54) is 0 Å². The van der Waals surface area contributed by atoms with Crippen LogP contribution in [0.25, 0.3) is 0 Å². The maximum Gasteiger partial charge on any atom is 0.270 e. The zero-order chi connectivity index (χ0) is 17.3. The summed E-state index contributed by atoms with van der Waals surface area (Å²) >= 11 is 5.88. The molecular weight excluding hydrogens is 326 g/mol. The molecule has 0 aliphatic carbocycles. The van der Waals surface area contributed by atoms with Crippen molar-refractivity contribution >= 4 is 23.3 Å². The van der Waals surface area contributed by atoms with Crippen LogP contribution in [0.3, 0.4) is 0 Å². The highest BCUT2D eigenvalue weighted by atomic mass is 35.5. The Bertz CT molecular complexity index is 734. The van der Waals surface area contributed by atoms with Crippen LogP contribution in [0.15, 0.2) is 18.3 Å². The number of aromatic amines is 1. The minimum absolute atomic E-state index is 0.0108. The van der Waals surface area contributed by atoms with Crippen molar-refractivity contribution in [3.05, 3.63) is 40.6 Å². The Morgan fingerprint density at radius 1 is 1.21 bits per heavy atom. The number of anilines is 1. The fraction of sp³-hybridized carbons (Fsp3) is 0.471. The first-order chi connectivity index (χ1) is 11.4. The number of carbonyl (C=O) groups is 1. The number of amides is 1. The van der Waals surface area contributed by atoms with Crippen LogP contribution < -0.4 is 4.90 Å². The second kappa shape index (κ2) is 6.81. The first kappa shape index (κ1) is 16.8. The summed E-state index contributed by atoms with van der Waals surface area (Å²) in [5.41, 5.74) is 1.51. The Morgan fingerprint density at radius 2 is 1.92 bits per heavy atom. The lowest BCUT2D eigenvalue weighted by Gasteiger charge is -2.35. The van der Waals surface area contributed by atoms with E-state index in [9.17, 15) is 4.79 Å². The first-order valence-corrected chi connectivity index (χ1v) is 8.55. The van der Waals surface area contributed by atoms with E-state index in [2.05, 4.69) is 33.7 Å². The van der Waals surface area contributed by atoms with Gasteiger partial charge >= 0.3 is 0 Å². The molecule has 24 heavy (non-hydrogen) atoms. The number of halogens is 1. The third kappa shape index (κ3) is 3.53. The number of hydrogen-bond donors (Lipinski definition) is 1. The van der Waals surface area contributed by atoms with E-state index in [0.717, 1.165) is 30.4 Å². The highest BCUT2D eigenvalue weighted by Crippen LogP contribution is 2.19. The molecule has 2 aromatic rings. The second-order valence-corrected chi connectivity index (χ2v) is 6.83. The number of hydrogen-bond acceptors (Lipinski definition) is 4. The van der Waals surface area contributed by atoms with Gasteiger partial charge in [0.25, 0.3) is 5.91 Å². The Balaban J connectivity index is 1.68. The molecule has 1 amide bonds. The molecule has 0 aromatic carbocycles. The van der Waals surface area contributed by atoms with Gasteiger partial charge in [0, 0.05) is 50.1 Å². The molecule has 0 unspecified atom stereocenters. The number of aryl methyl sites for hydroxylation is 1. The number of carbonyl (C=O) groups excluding carboxylic acids is 1. The Labute approximate surface area is 146 Å². The predicted molar refractivity (Wildman–Crippen MR) is 94.8 cm³/mol. The average Bonchev–Trinajstić information content (AvgIpc) is 3.00. The normalized spacial score (nSPS) is 15.2. The van der Waals surface area contributed by atoms with Gasteiger partial charge in [0.2, 0.25) is 0 Å². The van der Waals surface area contributed by atoms with Crippen molar-refractivity contribution in [1.29, 1.82) is 0 Å². The quantitative estimate of drug-likeness (QED) is 0.927. The van der Waals surface area contributed by atoms with Crippen LogP contribution in [0.5, 0.6) is 0 Å². The van der Waals surface area contributed by atoms with Crippen LogP contribution >= 0.6 is 11.6 Å². The van der Waals surface area contributed by atoms with Crippen LogP contribution in [-0.2, 0) is 0 Å². The molecule has 0 radical (unpaired) electrons. The Kier molecular flexibility index (Phi) is 4.76. The molecule has 7 heteroatoms. The summed E-state index contributed by atoms with van der Waals surface area (Å²) in [6.07, 6.45) is 1.63. The molecular formula is C17H22ClN5O. The van der Waals surface area contributed by atoms with E-state index in [0.29, 0.717) is 29.7 Å². The van der Waals surface area contributed by atoms with Crippen molar-refractivity contribution < 1.29 is 4.79 Å². The van der Waals surface area contributed by atoms with E-state index in [4.69, 9.17) is 11.6 Å². The fourth-order valence-electron chi connectivity index (χ4n) is 2.80. The number of aromatic nitrogens is 3. The molecule has 0 spiro atoms. The van der Waals surface area contributed by atoms with Crippen molar-refractivity contribution in [2.45, 2.75) is 26.7 Å². The van der Waals surface area contributed by atoms with Crippen molar-refractivity contribution in [2.75, 3.05) is 31.1 Å². The molecule has 1 aliphatic rings. The van der Waals surface area contributed by atoms with E-state index in [-0.39, 0.29) is 5.91 Å². The molecule has 1 fully saturated rings. The minimum atomic E-state index is -0.0108. The van der Waals surface area contributed by atoms with Gasteiger partial charge in [0.05, 0.1) is 5.02 Å². The third-order valence-corrected chi connectivity index (χ3v) is 4.36. The molecule has 0 atom stereocenters. The molecule has 6 nitrogen and oxygen atoms in total. The summed E-state index contributed by atoms with van der Waals surface area (Å²) in [6, 6.07) is 3.67. The van der Waals surface area contributed by atoms with Crippen LogP contribution in [0.1, 0.15) is 41.8 Å². The molecule has 0 bridgehead atoms. The lowest BCUT2D eigenvalue weighted by atomic mass is 10.2. The fourth-order valence-corrected chi connectivity index (χ4v) is 2.96. The van der Waals surface area contributed by atoms with Crippen LogP contribution in [0, 0.1) is 6.92 Å². The summed E-state index contributed by atoms with van der Waals surface area (Å²) in [5.74, 6) is 2.10. The van der Waals surface area contributed by atoms with E-state index in [1.807, 2.05) is 17.9 Å². The average molecular weight is 348 g/mol. The summed E-state index contributed by atoms with van der Waals surface area (Å²) in [5, 5.41) is 0.551. The monoisotopic (exact) mass is 347 g/mol. The van der Waals surface area contributed by atoms with Gasteiger partial charge in [0.15, 0.2) is 0 Å². The predicted octanol–water partition coefficient (Wildman–Crippen LogP) is 2.85. The largest absolute Gasteiger partial charge is 0.356 e. The van der Waals surface area contributed by atoms with Gasteiger partial charge in [-0.05, 0) is 13.0 Å². The number of nitrogens with zero attached hydrogens (tertiary/aromatic N) is 4. The van der Waals surface area contributed by atoms with Gasteiger partial charge in [-0.15, -0.1) is 0 Å². The SMILES string of the molecule is Cc1cc(N2CCN(C(=O)c3cc(Cl)c[nH]3)CC2)nc(C(C)C)n1. The highest BCUT2D eigenvalue weighted by molar-refractivity contribution is 6.30. The van der Waals surface area contributed by atoms with Crippen LogP contribution in [0.4, 0.5) is 5.82 Å². The van der Waals surface area contributed by atoms with Crippen molar-refractivity contribution in [2.24, 2.45) is 0 Å². The van der Waals surface area contributed by atoms with Crippen molar-refractivity contribution in [1.82, 2.24) is 19.9 Å². The van der Waals surface area contributed by atoms with Crippen LogP contribution in [-0.4, -0.2) is 51.9 Å². The van der Waals surface area contributed by atoms with Gasteiger partial charge in [-0.1, -0.05) is 25.4 Å². The number of rotatable bonds is 3. The lowest BCUT2D eigenvalue weighted by Crippen LogP contribution is -2.49. The zero-order valence-electron chi connectivity index (χ0n) is 14.2. The number of piperazine rings is 1. The van der Waals surface area contributed by atoms with Crippen molar-refractivity contribution in [3.63, 3.8) is 0 Å². The van der Waals surface area contributed by atoms with Gasteiger partial charge in [-0.25, -0.2) is 9.97 Å². The molecule has 1 aliphatic heterocycles. The number of nitrogens with one attached hydrogen (secondary N) is 1. The summed E-state index contributed by atoms with van der Waals surface area (Å²) < 4.78 is 0. The third-order valence-electron chi connectivity index (χ3n) is 4.14. The molecule has 128 valence electrons. The highest BCUT2D eigenvalue weighted by Gasteiger charge is 2.24. The van der Waals surface area contributed by atoms with Gasteiger partial charge < -0.3 is 14.8 Å². The van der Waals surface area contributed by atoms with E-state index >= 15 is 0 Å². The minimum Gasteiger partial charge on any atom is -0.356 e. The van der Waals surface area contributed by atoms with E-state index < -0.39 is 0 Å². The maximum absolute atomic E-state index is 12.4. The molecule has 3 heterocycles. The van der Waals surface area contributed by atoms with E-state index in [1.54, 1.807) is 12.3 Å². The van der Waals surface area contributed by atoms with Gasteiger partial charge in [-0.3, -0.25) is 4.79 Å². The van der Waals surface area contributed by atoms with Crippen LogP contribution in [0.2, 0.25) is 5.02 Å². The number of H-pyrrole nitrogens is 1. The first-order valence-electron chi connectivity index (χ1n) is 8.18. The Hall–Kier alpha value is -2.08. The molecule has 3 rings (SSSR count). The smallest absolute Gasteiger partial charge is 0.270 e. The molecule has 0 saturated carbocycles. The van der Waals surface area contributed by atoms with Gasteiger partial charge in [0.1, 0.15) is 17.3 Å². The van der Waals surface area contributed by atoms with Crippen molar-refractivity contribution in [3.8, 4) is 0 Å². The maximum atomic E-state index is 12.4. The summed E-state index contributed by atoms with van der Waals surface area (Å²) in [7, 11) is 0. The summed E-state index contributed by atoms with van der Waals surface area (Å²) in [6.45, 7) is 9.02. The molecule has 1 N–H and O–H groups in total.